The first-order valence-electron chi connectivity index (χ1n) is 9.14. The van der Waals surface area contributed by atoms with Crippen LogP contribution in [0.2, 0.25) is 0 Å². The van der Waals surface area contributed by atoms with Crippen LogP contribution in [0.5, 0.6) is 0 Å². The second kappa shape index (κ2) is 9.05. The molecule has 0 spiro atoms. The van der Waals surface area contributed by atoms with Crippen molar-refractivity contribution < 1.29 is 28.8 Å². The Labute approximate surface area is 183 Å². The molecule has 0 saturated heterocycles. The van der Waals surface area contributed by atoms with Gasteiger partial charge in [0, 0.05) is 12.1 Å². The van der Waals surface area contributed by atoms with E-state index in [4.69, 9.17) is 5.73 Å². The molecule has 0 aliphatic heterocycles. The Morgan fingerprint density at radius 3 is 2.52 bits per heavy atom. The van der Waals surface area contributed by atoms with Crippen molar-refractivity contribution in [1.29, 1.82) is 0 Å². The molecule has 1 aromatic heterocycles. The number of anilines is 1. The van der Waals surface area contributed by atoms with Gasteiger partial charge in [-0.05, 0) is 18.2 Å². The number of nitrogens with zero attached hydrogens (tertiary/aromatic N) is 2. The number of nitro benzene ring substituents is 1. The number of hydrogen-bond donors (Lipinski definition) is 3. The molecule has 0 fully saturated rings. The molecule has 0 saturated carbocycles. The lowest BCUT2D eigenvalue weighted by atomic mass is 9.99. The average Bonchev–Trinajstić information content (AvgIpc) is 2.78. The average molecular weight is 453 g/mol. The van der Waals surface area contributed by atoms with Gasteiger partial charge in [-0.2, -0.15) is 0 Å². The lowest BCUT2D eigenvalue weighted by molar-refractivity contribution is -0.384. The number of H-pyrrole nitrogens is 1. The number of fused-ring (bicyclic) bond motifs is 1. The zero-order valence-electron chi connectivity index (χ0n) is 16.9. The summed E-state index contributed by atoms with van der Waals surface area (Å²) < 4.78 is 4.57. The molecule has 1 atom stereocenters. The highest BCUT2D eigenvalue weighted by molar-refractivity contribution is 6.45. The number of aromatic amines is 1. The number of non-ortho nitro benzene ring substituents is 1. The van der Waals surface area contributed by atoms with Gasteiger partial charge in [0.1, 0.15) is 5.69 Å². The number of primary amides is 1. The van der Waals surface area contributed by atoms with Crippen LogP contribution < -0.4 is 16.6 Å². The predicted molar refractivity (Wildman–Crippen MR) is 112 cm³/mol. The molecular weight excluding hydrogens is 438 g/mol. The molecule has 168 valence electrons. The number of Topliss-reactive ketones (excluding diaryl/α,β-unsaturated/α-hetero) is 1. The second-order valence-corrected chi connectivity index (χ2v) is 6.59. The number of carbonyl (C=O) groups excluding carboxylic acids is 4. The van der Waals surface area contributed by atoms with Crippen molar-refractivity contribution in [2.24, 2.45) is 5.73 Å². The number of para-hydroxylation sites is 1. The maximum Gasteiger partial charge on any atom is 0.323 e. The minimum absolute atomic E-state index is 0.0196. The third-order valence-corrected chi connectivity index (χ3v) is 4.55. The number of aromatic nitrogens is 2. The summed E-state index contributed by atoms with van der Waals surface area (Å²) in [5, 5.41) is 13.1. The Morgan fingerprint density at radius 2 is 1.88 bits per heavy atom. The molecule has 1 heterocycles. The number of benzene rings is 2. The number of methoxy groups -OCH3 is 1. The summed E-state index contributed by atoms with van der Waals surface area (Å²) >= 11 is 0. The number of carbonyl (C=O) groups is 4. The third kappa shape index (κ3) is 4.56. The van der Waals surface area contributed by atoms with E-state index in [9.17, 15) is 34.1 Å². The van der Waals surface area contributed by atoms with Crippen molar-refractivity contribution in [2.45, 2.75) is 5.92 Å². The van der Waals surface area contributed by atoms with Gasteiger partial charge < -0.3 is 20.8 Å². The van der Waals surface area contributed by atoms with Crippen molar-refractivity contribution >= 4 is 46.0 Å². The van der Waals surface area contributed by atoms with Gasteiger partial charge >= 0.3 is 5.97 Å². The van der Waals surface area contributed by atoms with Crippen LogP contribution in [0, 0.1) is 10.1 Å². The SMILES string of the molecule is COC(=O)C(C(=O)C(=O)Nc1ccccc1C(N)=O)c1nc2ccc([N+](=O)[O-])cc2[nH]c1=O. The lowest BCUT2D eigenvalue weighted by Crippen LogP contribution is -2.37. The molecule has 1 unspecified atom stereocenters. The van der Waals surface area contributed by atoms with E-state index in [0.29, 0.717) is 0 Å². The van der Waals surface area contributed by atoms with Crippen LogP contribution in [0.3, 0.4) is 0 Å². The van der Waals surface area contributed by atoms with E-state index < -0.39 is 45.7 Å². The fourth-order valence-corrected chi connectivity index (χ4v) is 2.98. The number of ketones is 1. The van der Waals surface area contributed by atoms with Crippen molar-refractivity contribution in [1.82, 2.24) is 9.97 Å². The summed E-state index contributed by atoms with van der Waals surface area (Å²) in [5.74, 6) is -6.87. The maximum absolute atomic E-state index is 12.9. The maximum atomic E-state index is 12.9. The Hall–Kier alpha value is -4.94. The van der Waals surface area contributed by atoms with Gasteiger partial charge in [-0.3, -0.25) is 34.1 Å². The number of amides is 2. The van der Waals surface area contributed by atoms with Crippen LogP contribution in [0.1, 0.15) is 22.0 Å². The molecule has 13 heteroatoms. The fourth-order valence-electron chi connectivity index (χ4n) is 2.98. The summed E-state index contributed by atoms with van der Waals surface area (Å²) in [5.41, 5.74) is 3.08. The molecule has 4 N–H and O–H groups in total. The highest BCUT2D eigenvalue weighted by Gasteiger charge is 2.38. The molecule has 0 aliphatic carbocycles. The minimum atomic E-state index is -2.04. The monoisotopic (exact) mass is 453 g/mol. The van der Waals surface area contributed by atoms with Crippen LogP contribution in [0.15, 0.2) is 47.3 Å². The Balaban J connectivity index is 2.03. The van der Waals surface area contributed by atoms with Gasteiger partial charge in [-0.1, -0.05) is 12.1 Å². The molecule has 3 rings (SSSR count). The van der Waals surface area contributed by atoms with Gasteiger partial charge in [0.2, 0.25) is 5.78 Å². The summed E-state index contributed by atoms with van der Waals surface area (Å²) in [7, 11) is 0.946. The van der Waals surface area contributed by atoms with Crippen LogP contribution in [0.4, 0.5) is 11.4 Å². The van der Waals surface area contributed by atoms with Gasteiger partial charge in [-0.15, -0.1) is 0 Å². The number of nitro groups is 1. The Kier molecular flexibility index (Phi) is 6.24. The predicted octanol–water partition coefficient (Wildman–Crippen LogP) is 0.395. The standard InChI is InChI=1S/C20H15N5O8/c1-33-20(30)14(16(26)19(29)23-11-5-3-2-4-10(11)17(21)27)15-18(28)24-13-8-9(25(31)32)6-7-12(13)22-15/h2-8,14H,1H3,(H2,21,27)(H,23,29)(H,24,28). The van der Waals surface area contributed by atoms with Gasteiger partial charge in [0.15, 0.2) is 5.92 Å². The molecule has 0 radical (unpaired) electrons. The number of nitrogens with one attached hydrogen (secondary N) is 2. The van der Waals surface area contributed by atoms with E-state index in [-0.39, 0.29) is 28.0 Å². The summed E-state index contributed by atoms with van der Waals surface area (Å²) in [6, 6.07) is 8.95. The van der Waals surface area contributed by atoms with E-state index in [1.807, 2.05) is 0 Å². The molecule has 2 aromatic carbocycles. The number of hydrogen-bond acceptors (Lipinski definition) is 9. The van der Waals surface area contributed by atoms with Crippen molar-refractivity contribution in [3.8, 4) is 0 Å². The number of ether oxygens (including phenoxy) is 1. The van der Waals surface area contributed by atoms with Crippen molar-refractivity contribution in [3.63, 3.8) is 0 Å². The highest BCUT2D eigenvalue weighted by Crippen LogP contribution is 2.21. The summed E-state index contributed by atoms with van der Waals surface area (Å²) in [6.45, 7) is 0. The normalized spacial score (nSPS) is 11.4. The highest BCUT2D eigenvalue weighted by atomic mass is 16.6. The van der Waals surface area contributed by atoms with E-state index in [2.05, 4.69) is 20.0 Å². The number of rotatable bonds is 7. The topological polar surface area (TPSA) is 204 Å². The van der Waals surface area contributed by atoms with Crippen LogP contribution in [-0.2, 0) is 19.1 Å². The molecule has 2 amide bonds. The largest absolute Gasteiger partial charge is 0.468 e. The lowest BCUT2D eigenvalue weighted by Gasteiger charge is -2.14. The zero-order chi connectivity index (χ0) is 24.3. The summed E-state index contributed by atoms with van der Waals surface area (Å²) in [6.07, 6.45) is 0. The number of nitrogens with two attached hydrogens (primary N) is 1. The quantitative estimate of drug-likeness (QED) is 0.149. The van der Waals surface area contributed by atoms with Gasteiger partial charge in [-0.25, -0.2) is 4.98 Å². The van der Waals surface area contributed by atoms with E-state index in [1.54, 1.807) is 0 Å². The zero-order valence-corrected chi connectivity index (χ0v) is 16.9. The molecule has 0 bridgehead atoms. The van der Waals surface area contributed by atoms with Crippen LogP contribution >= 0.6 is 0 Å². The third-order valence-electron chi connectivity index (χ3n) is 4.55. The molecular formula is C20H15N5O8. The summed E-state index contributed by atoms with van der Waals surface area (Å²) in [4.78, 5) is 78.4. The smallest absolute Gasteiger partial charge is 0.323 e. The Morgan fingerprint density at radius 1 is 1.18 bits per heavy atom. The van der Waals surface area contributed by atoms with Crippen LogP contribution in [-0.4, -0.2) is 45.6 Å². The minimum Gasteiger partial charge on any atom is -0.468 e. The van der Waals surface area contributed by atoms with Gasteiger partial charge in [0.05, 0.1) is 34.3 Å². The van der Waals surface area contributed by atoms with Gasteiger partial charge in [0.25, 0.3) is 23.1 Å². The van der Waals surface area contributed by atoms with Crippen LogP contribution in [0.25, 0.3) is 11.0 Å². The molecule has 13 nitrogen and oxygen atoms in total. The molecule has 33 heavy (non-hydrogen) atoms. The van der Waals surface area contributed by atoms with Crippen molar-refractivity contribution in [3.05, 3.63) is 74.2 Å². The molecule has 3 aromatic rings. The van der Waals surface area contributed by atoms with Crippen molar-refractivity contribution in [2.75, 3.05) is 12.4 Å². The Bertz CT molecular complexity index is 1380. The second-order valence-electron chi connectivity index (χ2n) is 6.59. The fraction of sp³-hybridized carbons (Fsp3) is 0.100. The first-order chi connectivity index (χ1) is 15.6. The molecule has 0 aliphatic rings. The van der Waals surface area contributed by atoms with E-state index >= 15 is 0 Å². The number of esters is 1. The first-order valence-corrected chi connectivity index (χ1v) is 9.14. The van der Waals surface area contributed by atoms with E-state index in [0.717, 1.165) is 19.2 Å². The first kappa shape index (κ1) is 22.7. The van der Waals surface area contributed by atoms with E-state index in [1.165, 1.54) is 30.3 Å².